The van der Waals surface area contributed by atoms with E-state index in [2.05, 4.69) is 10.4 Å². The highest BCUT2D eigenvalue weighted by atomic mass is 35.5. The number of fused-ring (bicyclic) bond motifs is 1. The number of aromatic nitrogens is 2. The molecule has 0 radical (unpaired) electrons. The van der Waals surface area contributed by atoms with Crippen molar-refractivity contribution in [2.24, 2.45) is 7.05 Å². The fourth-order valence-corrected chi connectivity index (χ4v) is 3.96. The number of ether oxygens (including phenoxy) is 1. The van der Waals surface area contributed by atoms with Gasteiger partial charge in [-0.25, -0.2) is 9.18 Å². The van der Waals surface area contributed by atoms with E-state index < -0.39 is 0 Å². The van der Waals surface area contributed by atoms with E-state index >= 15 is 0 Å². The minimum atomic E-state index is -0.284. The highest BCUT2D eigenvalue weighted by Crippen LogP contribution is 2.26. The SMILES string of the molecule is Cc1c(Cl)cccc1NC(=O)N1CCc2c(c(COCc3cccc(F)c3)nn2C)C1. The topological polar surface area (TPSA) is 59.4 Å². The maximum atomic E-state index is 13.3. The highest BCUT2D eigenvalue weighted by Gasteiger charge is 2.27. The minimum absolute atomic E-state index is 0.175. The number of rotatable bonds is 5. The fraction of sp³-hybridized carbons (Fsp3) is 0.304. The number of aryl methyl sites for hydroxylation is 1. The van der Waals surface area contributed by atoms with E-state index in [4.69, 9.17) is 16.3 Å². The molecule has 31 heavy (non-hydrogen) atoms. The minimum Gasteiger partial charge on any atom is -0.370 e. The number of benzene rings is 2. The van der Waals surface area contributed by atoms with Crippen LogP contribution in [0.5, 0.6) is 0 Å². The van der Waals surface area contributed by atoms with Crippen molar-refractivity contribution in [2.75, 3.05) is 11.9 Å². The normalized spacial score (nSPS) is 13.2. The zero-order chi connectivity index (χ0) is 22.0. The monoisotopic (exact) mass is 442 g/mol. The summed E-state index contributed by atoms with van der Waals surface area (Å²) in [5.74, 6) is -0.284. The molecule has 1 aromatic heterocycles. The van der Waals surface area contributed by atoms with Crippen LogP contribution < -0.4 is 5.32 Å². The summed E-state index contributed by atoms with van der Waals surface area (Å²) in [4.78, 5) is 14.6. The van der Waals surface area contributed by atoms with E-state index in [9.17, 15) is 9.18 Å². The van der Waals surface area contributed by atoms with Gasteiger partial charge in [-0.05, 0) is 42.3 Å². The molecule has 4 rings (SSSR count). The zero-order valence-electron chi connectivity index (χ0n) is 17.5. The van der Waals surface area contributed by atoms with E-state index in [0.29, 0.717) is 43.4 Å². The number of carbonyl (C=O) groups is 1. The molecule has 0 spiro atoms. The quantitative estimate of drug-likeness (QED) is 0.615. The van der Waals surface area contributed by atoms with Crippen LogP contribution in [0.25, 0.3) is 0 Å². The first-order valence-corrected chi connectivity index (χ1v) is 10.5. The molecule has 1 aliphatic rings. The average molecular weight is 443 g/mol. The number of amides is 2. The van der Waals surface area contributed by atoms with Crippen LogP contribution in [-0.2, 0) is 38.0 Å². The van der Waals surface area contributed by atoms with Gasteiger partial charge in [-0.15, -0.1) is 0 Å². The molecule has 2 aromatic carbocycles. The van der Waals surface area contributed by atoms with Crippen LogP contribution in [-0.4, -0.2) is 27.3 Å². The first-order chi connectivity index (χ1) is 14.9. The van der Waals surface area contributed by atoms with Crippen molar-refractivity contribution in [1.82, 2.24) is 14.7 Å². The maximum absolute atomic E-state index is 13.3. The van der Waals surface area contributed by atoms with E-state index in [1.54, 1.807) is 17.0 Å². The Morgan fingerprint density at radius 3 is 2.87 bits per heavy atom. The number of nitrogens with zero attached hydrogens (tertiary/aromatic N) is 3. The van der Waals surface area contributed by atoms with Crippen LogP contribution in [0.2, 0.25) is 5.02 Å². The first-order valence-electron chi connectivity index (χ1n) is 10.1. The third-order valence-corrected chi connectivity index (χ3v) is 5.93. The van der Waals surface area contributed by atoms with Gasteiger partial charge in [-0.2, -0.15) is 5.10 Å². The summed E-state index contributed by atoms with van der Waals surface area (Å²) >= 11 is 6.16. The second kappa shape index (κ2) is 9.08. The predicted octanol–water partition coefficient (Wildman–Crippen LogP) is 4.83. The van der Waals surface area contributed by atoms with Gasteiger partial charge in [0.05, 0.1) is 25.5 Å². The molecule has 0 aliphatic carbocycles. The van der Waals surface area contributed by atoms with E-state index in [1.807, 2.05) is 36.9 Å². The molecule has 0 atom stereocenters. The van der Waals surface area contributed by atoms with Gasteiger partial charge in [0.15, 0.2) is 0 Å². The fourth-order valence-electron chi connectivity index (χ4n) is 3.79. The standard InChI is InChI=1S/C23H24ClFN4O2/c1-15-19(24)7-4-8-20(15)26-23(30)29-10-9-22-18(12-29)21(27-28(22)2)14-31-13-16-5-3-6-17(25)11-16/h3-8,11H,9-10,12-14H2,1-2H3,(H,26,30). The molecule has 2 heterocycles. The van der Waals surface area contributed by atoms with Gasteiger partial charge < -0.3 is 15.0 Å². The first kappa shape index (κ1) is 21.3. The van der Waals surface area contributed by atoms with Crippen LogP contribution in [0.15, 0.2) is 42.5 Å². The number of hydrogen-bond donors (Lipinski definition) is 1. The van der Waals surface area contributed by atoms with Gasteiger partial charge >= 0.3 is 6.03 Å². The Kier molecular flexibility index (Phi) is 6.25. The van der Waals surface area contributed by atoms with Crippen molar-refractivity contribution in [3.8, 4) is 0 Å². The number of hydrogen-bond acceptors (Lipinski definition) is 3. The molecule has 0 saturated carbocycles. The summed E-state index contributed by atoms with van der Waals surface area (Å²) in [5, 5.41) is 8.16. The van der Waals surface area contributed by atoms with E-state index in [-0.39, 0.29) is 11.8 Å². The summed E-state index contributed by atoms with van der Waals surface area (Å²) in [6.45, 7) is 3.51. The van der Waals surface area contributed by atoms with Gasteiger partial charge in [0.25, 0.3) is 0 Å². The Labute approximate surface area is 185 Å². The molecular formula is C23H24ClFN4O2. The van der Waals surface area contributed by atoms with Gasteiger partial charge in [0.1, 0.15) is 5.82 Å². The molecule has 0 fully saturated rings. The largest absolute Gasteiger partial charge is 0.370 e. The molecule has 0 unspecified atom stereocenters. The third-order valence-electron chi connectivity index (χ3n) is 5.52. The molecule has 3 aromatic rings. The highest BCUT2D eigenvalue weighted by molar-refractivity contribution is 6.31. The van der Waals surface area contributed by atoms with Gasteiger partial charge in [-0.3, -0.25) is 4.68 Å². The predicted molar refractivity (Wildman–Crippen MR) is 117 cm³/mol. The van der Waals surface area contributed by atoms with Crippen molar-refractivity contribution in [2.45, 2.75) is 33.1 Å². The Morgan fingerprint density at radius 2 is 2.06 bits per heavy atom. The van der Waals surface area contributed by atoms with Crippen LogP contribution in [0, 0.1) is 12.7 Å². The second-order valence-corrected chi connectivity index (χ2v) is 8.04. The van der Waals surface area contributed by atoms with Crippen molar-refractivity contribution in [1.29, 1.82) is 0 Å². The smallest absolute Gasteiger partial charge is 0.322 e. The van der Waals surface area contributed by atoms with Crippen LogP contribution in [0.1, 0.15) is 28.1 Å². The lowest BCUT2D eigenvalue weighted by molar-refractivity contribution is 0.103. The Bertz CT molecular complexity index is 1110. The average Bonchev–Trinajstić information content (AvgIpc) is 3.06. The number of nitrogens with one attached hydrogen (secondary N) is 1. The van der Waals surface area contributed by atoms with Crippen LogP contribution in [0.3, 0.4) is 0 Å². The lowest BCUT2D eigenvalue weighted by Crippen LogP contribution is -2.39. The second-order valence-electron chi connectivity index (χ2n) is 7.63. The van der Waals surface area contributed by atoms with Crippen LogP contribution >= 0.6 is 11.6 Å². The summed E-state index contributed by atoms with van der Waals surface area (Å²) in [6.07, 6.45) is 0.713. The summed E-state index contributed by atoms with van der Waals surface area (Å²) in [6, 6.07) is 11.6. The van der Waals surface area contributed by atoms with Gasteiger partial charge in [0, 0.05) is 42.0 Å². The molecule has 0 saturated heterocycles. The van der Waals surface area contributed by atoms with Gasteiger partial charge in [0.2, 0.25) is 0 Å². The van der Waals surface area contributed by atoms with Crippen molar-refractivity contribution < 1.29 is 13.9 Å². The summed E-state index contributed by atoms with van der Waals surface area (Å²) in [7, 11) is 1.90. The maximum Gasteiger partial charge on any atom is 0.322 e. The number of anilines is 1. The molecule has 0 bridgehead atoms. The third kappa shape index (κ3) is 4.73. The lowest BCUT2D eigenvalue weighted by Gasteiger charge is -2.28. The Hall–Kier alpha value is -2.90. The Morgan fingerprint density at radius 1 is 1.26 bits per heavy atom. The van der Waals surface area contributed by atoms with E-state index in [0.717, 1.165) is 28.1 Å². The molecule has 8 heteroatoms. The van der Waals surface area contributed by atoms with Crippen LogP contribution in [0.4, 0.5) is 14.9 Å². The van der Waals surface area contributed by atoms with Gasteiger partial charge in [-0.1, -0.05) is 29.8 Å². The molecule has 1 aliphatic heterocycles. The number of halogens is 2. The molecule has 1 N–H and O–H groups in total. The van der Waals surface area contributed by atoms with E-state index in [1.165, 1.54) is 12.1 Å². The summed E-state index contributed by atoms with van der Waals surface area (Å²) < 4.78 is 21.0. The molecule has 6 nitrogen and oxygen atoms in total. The number of carbonyl (C=O) groups excluding carboxylic acids is 1. The summed E-state index contributed by atoms with van der Waals surface area (Å²) in [5.41, 5.74) is 5.21. The Balaban J connectivity index is 1.43. The molecule has 2 amide bonds. The molecule has 162 valence electrons. The van der Waals surface area contributed by atoms with Crippen molar-refractivity contribution >= 4 is 23.3 Å². The van der Waals surface area contributed by atoms with Crippen molar-refractivity contribution in [3.63, 3.8) is 0 Å². The molecular weight excluding hydrogens is 419 g/mol. The number of urea groups is 1. The zero-order valence-corrected chi connectivity index (χ0v) is 18.2. The lowest BCUT2D eigenvalue weighted by atomic mass is 10.1. The van der Waals surface area contributed by atoms with Crippen molar-refractivity contribution in [3.05, 3.63) is 81.4 Å².